The van der Waals surface area contributed by atoms with Crippen molar-refractivity contribution in [3.8, 4) is 11.5 Å². The molecule has 0 radical (unpaired) electrons. The highest BCUT2D eigenvalue weighted by molar-refractivity contribution is 6.04. The minimum atomic E-state index is -0.168. The van der Waals surface area contributed by atoms with Crippen LogP contribution in [0.5, 0.6) is 11.5 Å². The van der Waals surface area contributed by atoms with E-state index >= 15 is 0 Å². The van der Waals surface area contributed by atoms with Gasteiger partial charge in [0, 0.05) is 41.3 Å². The Kier molecular flexibility index (Phi) is 5.99. The van der Waals surface area contributed by atoms with Gasteiger partial charge in [0.15, 0.2) is 0 Å². The summed E-state index contributed by atoms with van der Waals surface area (Å²) in [5.41, 5.74) is 5.82. The molecule has 3 aromatic carbocycles. The highest BCUT2D eigenvalue weighted by atomic mass is 16.5. The normalized spacial score (nSPS) is 10.7. The van der Waals surface area contributed by atoms with Gasteiger partial charge in [-0.15, -0.1) is 0 Å². The third-order valence-electron chi connectivity index (χ3n) is 5.68. The number of aryl methyl sites for hydroxylation is 1. The smallest absolute Gasteiger partial charge is 0.255 e. The Morgan fingerprint density at radius 3 is 2.50 bits per heavy atom. The number of fused-ring (bicyclic) bond motifs is 1. The van der Waals surface area contributed by atoms with Gasteiger partial charge in [0.1, 0.15) is 11.5 Å². The van der Waals surface area contributed by atoms with Crippen molar-refractivity contribution >= 4 is 22.5 Å². The fourth-order valence-corrected chi connectivity index (χ4v) is 3.89. The van der Waals surface area contributed by atoms with Crippen LogP contribution >= 0.6 is 0 Å². The van der Waals surface area contributed by atoms with Crippen LogP contribution < -0.4 is 10.1 Å². The molecule has 0 saturated carbocycles. The summed E-state index contributed by atoms with van der Waals surface area (Å²) in [5, 5.41) is 4.11. The van der Waals surface area contributed by atoms with Gasteiger partial charge in [-0.05, 0) is 72.5 Å². The van der Waals surface area contributed by atoms with E-state index in [9.17, 15) is 4.79 Å². The monoisotopic (exact) mass is 445 g/mol. The Balaban J connectivity index is 1.29. The standard InChI is InChI=1S/C29H23N3O2/c1-20-19-31-28-8-3-2-7-26(28)27(20)17-21-9-11-22(12-10-21)29(33)32-23-5-4-6-25(18-23)34-24-13-15-30-16-14-24/h2-16,18-19H,17H2,1H3,(H,32,33). The van der Waals surface area contributed by atoms with Crippen molar-refractivity contribution in [2.45, 2.75) is 13.3 Å². The number of hydrogen-bond donors (Lipinski definition) is 1. The Hall–Kier alpha value is -4.51. The van der Waals surface area contributed by atoms with Crippen LogP contribution in [0.4, 0.5) is 5.69 Å². The first kappa shape index (κ1) is 21.3. The highest BCUT2D eigenvalue weighted by Gasteiger charge is 2.10. The number of aromatic nitrogens is 2. The van der Waals surface area contributed by atoms with E-state index in [4.69, 9.17) is 4.74 Å². The van der Waals surface area contributed by atoms with Crippen molar-refractivity contribution in [1.82, 2.24) is 9.97 Å². The lowest BCUT2D eigenvalue weighted by molar-refractivity contribution is 0.102. The van der Waals surface area contributed by atoms with Gasteiger partial charge in [-0.3, -0.25) is 14.8 Å². The topological polar surface area (TPSA) is 64.1 Å². The summed E-state index contributed by atoms with van der Waals surface area (Å²) in [6.07, 6.45) is 6.04. The van der Waals surface area contributed by atoms with Gasteiger partial charge >= 0.3 is 0 Å². The zero-order valence-electron chi connectivity index (χ0n) is 18.7. The number of rotatable bonds is 6. The number of anilines is 1. The maximum absolute atomic E-state index is 12.8. The summed E-state index contributed by atoms with van der Waals surface area (Å²) in [6, 6.07) is 26.8. The van der Waals surface area contributed by atoms with Crippen molar-refractivity contribution < 1.29 is 9.53 Å². The van der Waals surface area contributed by atoms with Crippen LogP contribution in [-0.4, -0.2) is 15.9 Å². The lowest BCUT2D eigenvalue weighted by Crippen LogP contribution is -2.11. The molecule has 0 aliphatic heterocycles. The van der Waals surface area contributed by atoms with Crippen LogP contribution in [0, 0.1) is 6.92 Å². The second-order valence-electron chi connectivity index (χ2n) is 8.08. The fraction of sp³-hybridized carbons (Fsp3) is 0.0690. The van der Waals surface area contributed by atoms with E-state index in [0.717, 1.165) is 28.5 Å². The second kappa shape index (κ2) is 9.55. The van der Waals surface area contributed by atoms with Crippen LogP contribution in [0.3, 0.4) is 0 Å². The predicted molar refractivity (Wildman–Crippen MR) is 134 cm³/mol. The molecule has 5 aromatic rings. The van der Waals surface area contributed by atoms with Crippen molar-refractivity contribution in [2.75, 3.05) is 5.32 Å². The number of hydrogen-bond acceptors (Lipinski definition) is 4. The first-order valence-electron chi connectivity index (χ1n) is 11.1. The number of nitrogens with zero attached hydrogens (tertiary/aromatic N) is 2. The largest absolute Gasteiger partial charge is 0.457 e. The number of ether oxygens (including phenoxy) is 1. The minimum absolute atomic E-state index is 0.168. The van der Waals surface area contributed by atoms with Crippen LogP contribution in [0.1, 0.15) is 27.0 Å². The summed E-state index contributed by atoms with van der Waals surface area (Å²) in [7, 11) is 0. The molecule has 0 atom stereocenters. The third kappa shape index (κ3) is 4.79. The number of carbonyl (C=O) groups is 1. The van der Waals surface area contributed by atoms with Crippen molar-refractivity contribution in [2.24, 2.45) is 0 Å². The van der Waals surface area contributed by atoms with Gasteiger partial charge in [0.25, 0.3) is 5.91 Å². The Morgan fingerprint density at radius 2 is 1.68 bits per heavy atom. The molecule has 1 amide bonds. The summed E-state index contributed by atoms with van der Waals surface area (Å²) in [6.45, 7) is 2.09. The van der Waals surface area contributed by atoms with E-state index < -0.39 is 0 Å². The molecule has 0 aliphatic carbocycles. The van der Waals surface area contributed by atoms with Crippen molar-refractivity contribution in [3.05, 3.63) is 126 Å². The van der Waals surface area contributed by atoms with Gasteiger partial charge in [0.2, 0.25) is 0 Å². The minimum Gasteiger partial charge on any atom is -0.457 e. The molecule has 2 heterocycles. The van der Waals surface area contributed by atoms with Gasteiger partial charge in [-0.25, -0.2) is 0 Å². The Bertz CT molecular complexity index is 1450. The molecule has 0 bridgehead atoms. The van der Waals surface area contributed by atoms with Gasteiger partial charge in [-0.1, -0.05) is 36.4 Å². The van der Waals surface area contributed by atoms with E-state index in [2.05, 4.69) is 28.3 Å². The molecular formula is C29H23N3O2. The summed E-state index contributed by atoms with van der Waals surface area (Å²) in [5.74, 6) is 1.16. The van der Waals surface area contributed by atoms with E-state index in [1.54, 1.807) is 30.6 Å². The zero-order chi connectivity index (χ0) is 23.3. The van der Waals surface area contributed by atoms with Gasteiger partial charge in [-0.2, -0.15) is 0 Å². The second-order valence-corrected chi connectivity index (χ2v) is 8.08. The summed E-state index contributed by atoms with van der Waals surface area (Å²) in [4.78, 5) is 21.3. The molecular weight excluding hydrogens is 422 g/mol. The SMILES string of the molecule is Cc1cnc2ccccc2c1Cc1ccc(C(=O)Nc2cccc(Oc3ccncc3)c2)cc1. The third-order valence-corrected chi connectivity index (χ3v) is 5.68. The lowest BCUT2D eigenvalue weighted by atomic mass is 9.97. The Labute approximate surface area is 198 Å². The molecule has 0 unspecified atom stereocenters. The first-order valence-corrected chi connectivity index (χ1v) is 11.1. The molecule has 2 aromatic heterocycles. The maximum atomic E-state index is 12.8. The molecule has 5 heteroatoms. The maximum Gasteiger partial charge on any atom is 0.255 e. The van der Waals surface area contributed by atoms with Gasteiger partial charge < -0.3 is 10.1 Å². The Morgan fingerprint density at radius 1 is 0.882 bits per heavy atom. The highest BCUT2D eigenvalue weighted by Crippen LogP contribution is 2.25. The van der Waals surface area contributed by atoms with Crippen LogP contribution in [0.25, 0.3) is 10.9 Å². The number of para-hydroxylation sites is 1. The quantitative estimate of drug-likeness (QED) is 0.321. The van der Waals surface area contributed by atoms with Crippen LogP contribution in [-0.2, 0) is 6.42 Å². The molecule has 5 rings (SSSR count). The predicted octanol–water partition coefficient (Wildman–Crippen LogP) is 6.57. The number of pyridine rings is 2. The lowest BCUT2D eigenvalue weighted by Gasteiger charge is -2.11. The number of benzene rings is 3. The molecule has 1 N–H and O–H groups in total. The van der Waals surface area contributed by atoms with Crippen LogP contribution in [0.15, 0.2) is 104 Å². The number of amides is 1. The molecule has 0 aliphatic rings. The summed E-state index contributed by atoms with van der Waals surface area (Å²) >= 11 is 0. The van der Waals surface area contributed by atoms with Crippen LogP contribution in [0.2, 0.25) is 0 Å². The molecule has 0 spiro atoms. The van der Waals surface area contributed by atoms with E-state index in [1.165, 1.54) is 5.56 Å². The zero-order valence-corrected chi connectivity index (χ0v) is 18.7. The van der Waals surface area contributed by atoms with Crippen molar-refractivity contribution in [3.63, 3.8) is 0 Å². The summed E-state index contributed by atoms with van der Waals surface area (Å²) < 4.78 is 5.82. The molecule has 166 valence electrons. The molecule has 0 saturated heterocycles. The number of carbonyl (C=O) groups excluding carboxylic acids is 1. The number of nitrogens with one attached hydrogen (secondary N) is 1. The molecule has 34 heavy (non-hydrogen) atoms. The first-order chi connectivity index (χ1) is 16.7. The molecule has 0 fully saturated rings. The average Bonchev–Trinajstić information content (AvgIpc) is 2.87. The van der Waals surface area contributed by atoms with E-state index in [1.807, 2.05) is 66.9 Å². The van der Waals surface area contributed by atoms with Gasteiger partial charge in [0.05, 0.1) is 5.52 Å². The van der Waals surface area contributed by atoms with E-state index in [0.29, 0.717) is 22.7 Å². The molecule has 5 nitrogen and oxygen atoms in total. The van der Waals surface area contributed by atoms with Crippen molar-refractivity contribution in [1.29, 1.82) is 0 Å². The fourth-order valence-electron chi connectivity index (χ4n) is 3.89. The average molecular weight is 446 g/mol. The van der Waals surface area contributed by atoms with E-state index in [-0.39, 0.29) is 5.91 Å².